The molecule has 0 amide bonds. The van der Waals surface area contributed by atoms with Crippen molar-refractivity contribution in [3.63, 3.8) is 0 Å². The highest BCUT2D eigenvalue weighted by Gasteiger charge is 2.31. The first-order chi connectivity index (χ1) is 9.71. The van der Waals surface area contributed by atoms with Gasteiger partial charge in [0.15, 0.2) is 0 Å². The van der Waals surface area contributed by atoms with E-state index in [1.165, 1.54) is 5.56 Å². The Balaban J connectivity index is 2.18. The van der Waals surface area contributed by atoms with E-state index in [1.54, 1.807) is 14.2 Å². The second-order valence-electron chi connectivity index (χ2n) is 5.24. The molecule has 0 aromatic heterocycles. The van der Waals surface area contributed by atoms with Crippen molar-refractivity contribution in [3.8, 4) is 5.75 Å². The number of aryl methyl sites for hydroxylation is 1. The lowest BCUT2D eigenvalue weighted by molar-refractivity contribution is 0.0253. The first-order valence-electron chi connectivity index (χ1n) is 7.29. The van der Waals surface area contributed by atoms with Gasteiger partial charge in [-0.05, 0) is 42.6 Å². The molecule has 1 aromatic carbocycles. The van der Waals surface area contributed by atoms with E-state index in [1.807, 2.05) is 12.1 Å². The van der Waals surface area contributed by atoms with Gasteiger partial charge in [-0.1, -0.05) is 13.0 Å². The largest absolute Gasteiger partial charge is 0.497 e. The van der Waals surface area contributed by atoms with Gasteiger partial charge in [-0.2, -0.15) is 0 Å². The molecule has 0 radical (unpaired) electrons. The van der Waals surface area contributed by atoms with Gasteiger partial charge < -0.3 is 14.6 Å². The summed E-state index contributed by atoms with van der Waals surface area (Å²) in [5.41, 5.74) is 2.24. The van der Waals surface area contributed by atoms with Gasteiger partial charge in [-0.3, -0.25) is 4.90 Å². The van der Waals surface area contributed by atoms with E-state index >= 15 is 0 Å². The molecule has 0 bridgehead atoms. The molecule has 1 aliphatic rings. The monoisotopic (exact) mass is 279 g/mol. The fourth-order valence-corrected chi connectivity index (χ4v) is 3.02. The van der Waals surface area contributed by atoms with E-state index in [0.29, 0.717) is 6.61 Å². The minimum atomic E-state index is -0.453. The molecule has 0 heterocycles. The van der Waals surface area contributed by atoms with Crippen LogP contribution in [0.2, 0.25) is 0 Å². The summed E-state index contributed by atoms with van der Waals surface area (Å²) in [5.74, 6) is 0.809. The second-order valence-corrected chi connectivity index (χ2v) is 5.24. The van der Waals surface area contributed by atoms with E-state index in [2.05, 4.69) is 17.9 Å². The summed E-state index contributed by atoms with van der Waals surface area (Å²) >= 11 is 0. The van der Waals surface area contributed by atoms with Gasteiger partial charge in [-0.25, -0.2) is 0 Å². The van der Waals surface area contributed by atoms with Crippen molar-refractivity contribution in [2.75, 3.05) is 33.9 Å². The standard InChI is InChI=1S/C16H25NO3/c1-4-17(9-10-19-2)15-8-6-12-5-7-13(20-3)11-14(12)16(15)18/h5,7,11,15-16,18H,4,6,8-10H2,1-3H3. The van der Waals surface area contributed by atoms with Crippen LogP contribution in [0.5, 0.6) is 5.75 Å². The maximum atomic E-state index is 10.7. The number of rotatable bonds is 6. The number of likely N-dealkylation sites (N-methyl/N-ethyl adjacent to an activating group) is 1. The molecular weight excluding hydrogens is 254 g/mol. The zero-order chi connectivity index (χ0) is 14.5. The Morgan fingerprint density at radius 2 is 2.15 bits per heavy atom. The first kappa shape index (κ1) is 15.3. The number of ether oxygens (including phenoxy) is 2. The average Bonchev–Trinajstić information content (AvgIpc) is 2.49. The summed E-state index contributed by atoms with van der Waals surface area (Å²) < 4.78 is 10.4. The Kier molecular flexibility index (Phi) is 5.40. The summed E-state index contributed by atoms with van der Waals surface area (Å²) in [4.78, 5) is 2.30. The van der Waals surface area contributed by atoms with Gasteiger partial charge >= 0.3 is 0 Å². The van der Waals surface area contributed by atoms with Crippen LogP contribution in [0.15, 0.2) is 18.2 Å². The molecule has 1 N–H and O–H groups in total. The number of aliphatic hydroxyl groups is 1. The van der Waals surface area contributed by atoms with E-state index < -0.39 is 6.10 Å². The van der Waals surface area contributed by atoms with Crippen LogP contribution >= 0.6 is 0 Å². The first-order valence-corrected chi connectivity index (χ1v) is 7.29. The Hall–Kier alpha value is -1.10. The zero-order valence-corrected chi connectivity index (χ0v) is 12.6. The minimum absolute atomic E-state index is 0.162. The maximum absolute atomic E-state index is 10.7. The van der Waals surface area contributed by atoms with E-state index in [0.717, 1.165) is 37.2 Å². The second kappa shape index (κ2) is 7.07. The third kappa shape index (κ3) is 3.14. The molecule has 4 heteroatoms. The molecule has 0 fully saturated rings. The predicted molar refractivity (Wildman–Crippen MR) is 79.2 cm³/mol. The Labute approximate surface area is 121 Å². The zero-order valence-electron chi connectivity index (χ0n) is 12.6. The highest BCUT2D eigenvalue weighted by Crippen LogP contribution is 2.35. The lowest BCUT2D eigenvalue weighted by Crippen LogP contribution is -2.43. The highest BCUT2D eigenvalue weighted by molar-refractivity contribution is 5.39. The Morgan fingerprint density at radius 3 is 2.80 bits per heavy atom. The summed E-state index contributed by atoms with van der Waals surface area (Å²) in [6, 6.07) is 6.17. The molecule has 20 heavy (non-hydrogen) atoms. The van der Waals surface area contributed by atoms with Crippen molar-refractivity contribution in [1.29, 1.82) is 0 Å². The van der Waals surface area contributed by atoms with E-state index in [-0.39, 0.29) is 6.04 Å². The quantitative estimate of drug-likeness (QED) is 0.865. The summed E-state index contributed by atoms with van der Waals surface area (Å²) in [6.07, 6.45) is 1.54. The molecule has 112 valence electrons. The maximum Gasteiger partial charge on any atom is 0.119 e. The van der Waals surface area contributed by atoms with Crippen molar-refractivity contribution in [3.05, 3.63) is 29.3 Å². The van der Waals surface area contributed by atoms with Gasteiger partial charge in [0, 0.05) is 19.7 Å². The number of fused-ring (bicyclic) bond motifs is 1. The molecule has 2 unspecified atom stereocenters. The van der Waals surface area contributed by atoms with Crippen LogP contribution in [-0.2, 0) is 11.2 Å². The topological polar surface area (TPSA) is 41.9 Å². The third-order valence-electron chi connectivity index (χ3n) is 4.20. The molecule has 1 aromatic rings. The number of nitrogens with zero attached hydrogens (tertiary/aromatic N) is 1. The normalized spacial score (nSPS) is 21.9. The van der Waals surface area contributed by atoms with Gasteiger partial charge in [0.05, 0.1) is 19.8 Å². The number of methoxy groups -OCH3 is 2. The number of aliphatic hydroxyl groups excluding tert-OH is 1. The molecule has 2 rings (SSSR count). The van der Waals surface area contributed by atoms with Crippen molar-refractivity contribution >= 4 is 0 Å². The van der Waals surface area contributed by atoms with Crippen LogP contribution in [-0.4, -0.2) is 50.0 Å². The lowest BCUT2D eigenvalue weighted by Gasteiger charge is -2.38. The summed E-state index contributed by atoms with van der Waals surface area (Å²) in [6.45, 7) is 4.60. The summed E-state index contributed by atoms with van der Waals surface area (Å²) in [7, 11) is 3.37. The van der Waals surface area contributed by atoms with Crippen LogP contribution in [0.4, 0.5) is 0 Å². The molecular formula is C16H25NO3. The number of hydrogen-bond donors (Lipinski definition) is 1. The molecule has 0 aliphatic heterocycles. The van der Waals surface area contributed by atoms with E-state index in [9.17, 15) is 5.11 Å². The molecule has 2 atom stereocenters. The van der Waals surface area contributed by atoms with Gasteiger partial charge in [0.2, 0.25) is 0 Å². The Morgan fingerprint density at radius 1 is 1.35 bits per heavy atom. The SMILES string of the molecule is CCN(CCOC)C1CCc2ccc(OC)cc2C1O. The van der Waals surface area contributed by atoms with Crippen molar-refractivity contribution in [1.82, 2.24) is 4.90 Å². The van der Waals surface area contributed by atoms with Crippen LogP contribution in [0.25, 0.3) is 0 Å². The Bertz CT molecular complexity index is 436. The lowest BCUT2D eigenvalue weighted by atomic mass is 9.85. The van der Waals surface area contributed by atoms with Crippen molar-refractivity contribution < 1.29 is 14.6 Å². The molecule has 4 nitrogen and oxygen atoms in total. The molecule has 0 spiro atoms. The number of hydrogen-bond acceptors (Lipinski definition) is 4. The van der Waals surface area contributed by atoms with Gasteiger partial charge in [0.1, 0.15) is 5.75 Å². The van der Waals surface area contributed by atoms with Gasteiger partial charge in [0.25, 0.3) is 0 Å². The van der Waals surface area contributed by atoms with Crippen molar-refractivity contribution in [2.45, 2.75) is 31.9 Å². The summed E-state index contributed by atoms with van der Waals surface area (Å²) in [5, 5.41) is 10.7. The molecule has 1 aliphatic carbocycles. The fraction of sp³-hybridized carbons (Fsp3) is 0.625. The number of benzene rings is 1. The smallest absolute Gasteiger partial charge is 0.119 e. The van der Waals surface area contributed by atoms with E-state index in [4.69, 9.17) is 9.47 Å². The highest BCUT2D eigenvalue weighted by atomic mass is 16.5. The predicted octanol–water partition coefficient (Wildman–Crippen LogP) is 2.01. The van der Waals surface area contributed by atoms with Crippen LogP contribution in [0.1, 0.15) is 30.6 Å². The molecule has 0 saturated carbocycles. The van der Waals surface area contributed by atoms with Crippen LogP contribution in [0, 0.1) is 0 Å². The third-order valence-corrected chi connectivity index (χ3v) is 4.20. The fourth-order valence-electron chi connectivity index (χ4n) is 3.02. The van der Waals surface area contributed by atoms with Crippen LogP contribution in [0.3, 0.4) is 0 Å². The van der Waals surface area contributed by atoms with Crippen molar-refractivity contribution in [2.24, 2.45) is 0 Å². The van der Waals surface area contributed by atoms with Crippen LogP contribution < -0.4 is 4.74 Å². The minimum Gasteiger partial charge on any atom is -0.497 e. The molecule has 0 saturated heterocycles. The van der Waals surface area contributed by atoms with Gasteiger partial charge in [-0.15, -0.1) is 0 Å². The average molecular weight is 279 g/mol.